The minimum atomic E-state index is -0.302. The Morgan fingerprint density at radius 1 is 0.886 bits per heavy atom. The van der Waals surface area contributed by atoms with Gasteiger partial charge in [0.1, 0.15) is 0 Å². The molecule has 1 aromatic heterocycles. The van der Waals surface area contributed by atoms with Gasteiger partial charge in [-0.3, -0.25) is 0 Å². The lowest BCUT2D eigenvalue weighted by atomic mass is 10.1. The van der Waals surface area contributed by atoms with Crippen LogP contribution in [-0.4, -0.2) is 24.1 Å². The van der Waals surface area contributed by atoms with E-state index in [-0.39, 0.29) is 5.97 Å². The highest BCUT2D eigenvalue weighted by Crippen LogP contribution is 2.19. The molecular formula is C31H40N2O2. The van der Waals surface area contributed by atoms with Gasteiger partial charge in [0, 0.05) is 35.4 Å². The third kappa shape index (κ3) is 9.86. The molecule has 3 rings (SSSR count). The van der Waals surface area contributed by atoms with Crippen molar-refractivity contribution in [3.63, 3.8) is 0 Å². The molecule has 0 spiro atoms. The van der Waals surface area contributed by atoms with E-state index in [4.69, 9.17) is 4.74 Å². The summed E-state index contributed by atoms with van der Waals surface area (Å²) in [6, 6.07) is 16.6. The molecule has 0 saturated heterocycles. The van der Waals surface area contributed by atoms with Crippen molar-refractivity contribution in [3.05, 3.63) is 78.0 Å². The number of benzene rings is 2. The molecule has 0 fully saturated rings. The molecule has 0 saturated carbocycles. The van der Waals surface area contributed by atoms with Crippen molar-refractivity contribution in [1.82, 2.24) is 4.98 Å². The molecule has 0 radical (unpaired) electrons. The molecule has 4 heteroatoms. The van der Waals surface area contributed by atoms with E-state index in [2.05, 4.69) is 65.0 Å². The van der Waals surface area contributed by atoms with Gasteiger partial charge in [-0.25, -0.2) is 4.79 Å². The highest BCUT2D eigenvalue weighted by Gasteiger charge is 1.99. The van der Waals surface area contributed by atoms with Crippen molar-refractivity contribution in [2.24, 2.45) is 0 Å². The number of carbonyl (C=O) groups excluding carboxylic acids is 1. The Labute approximate surface area is 210 Å². The second-order valence-electron chi connectivity index (χ2n) is 8.94. The van der Waals surface area contributed by atoms with E-state index in [1.54, 1.807) is 13.0 Å². The Kier molecular flexibility index (Phi) is 11.7. The average molecular weight is 473 g/mol. The fourth-order valence-electron chi connectivity index (χ4n) is 4.19. The summed E-state index contributed by atoms with van der Waals surface area (Å²) in [5, 5.41) is 4.79. The fraction of sp³-hybridized carbons (Fsp3) is 0.387. The van der Waals surface area contributed by atoms with Gasteiger partial charge < -0.3 is 15.0 Å². The number of nitrogens with one attached hydrogen (secondary N) is 2. The standard InChI is InChI=1S/C31H40N2O2/c1-2-35-31(34)23-20-26-18-21-28(22-19-26)32-24-14-10-8-6-4-3-5-7-9-11-15-27-25-33-30-17-13-12-16-29(27)30/h11-13,15-23,25,32-33H,2-10,14,24H2,1H3/b15-11+,23-20+. The first-order valence-electron chi connectivity index (χ1n) is 13.2. The zero-order valence-electron chi connectivity index (χ0n) is 21.1. The molecule has 1 heterocycles. The summed E-state index contributed by atoms with van der Waals surface area (Å²) in [5.74, 6) is -0.302. The summed E-state index contributed by atoms with van der Waals surface area (Å²) in [4.78, 5) is 14.7. The van der Waals surface area contributed by atoms with E-state index in [1.807, 2.05) is 12.1 Å². The summed E-state index contributed by atoms with van der Waals surface area (Å²) < 4.78 is 4.89. The van der Waals surface area contributed by atoms with Crippen LogP contribution in [-0.2, 0) is 9.53 Å². The molecular weight excluding hydrogens is 432 g/mol. The summed E-state index contributed by atoms with van der Waals surface area (Å²) in [6.45, 7) is 3.21. The number of aromatic amines is 1. The maximum atomic E-state index is 11.4. The number of carbonyl (C=O) groups is 1. The van der Waals surface area contributed by atoms with Gasteiger partial charge in [-0.2, -0.15) is 0 Å². The smallest absolute Gasteiger partial charge is 0.330 e. The zero-order chi connectivity index (χ0) is 24.6. The first-order valence-corrected chi connectivity index (χ1v) is 13.2. The molecule has 0 aliphatic carbocycles. The number of anilines is 1. The molecule has 2 N–H and O–H groups in total. The van der Waals surface area contributed by atoms with Crippen LogP contribution in [0.25, 0.3) is 23.1 Å². The first kappa shape index (κ1) is 26.3. The molecule has 0 aliphatic rings. The quantitative estimate of drug-likeness (QED) is 0.125. The first-order chi connectivity index (χ1) is 17.3. The monoisotopic (exact) mass is 472 g/mol. The van der Waals surface area contributed by atoms with Crippen LogP contribution in [0.4, 0.5) is 5.69 Å². The van der Waals surface area contributed by atoms with E-state index in [9.17, 15) is 4.79 Å². The molecule has 4 nitrogen and oxygen atoms in total. The Morgan fingerprint density at radius 3 is 2.37 bits per heavy atom. The van der Waals surface area contributed by atoms with Gasteiger partial charge in [-0.1, -0.05) is 81.0 Å². The van der Waals surface area contributed by atoms with Crippen LogP contribution in [0.1, 0.15) is 75.8 Å². The van der Waals surface area contributed by atoms with Gasteiger partial charge in [0.15, 0.2) is 0 Å². The zero-order valence-corrected chi connectivity index (χ0v) is 21.1. The third-order valence-electron chi connectivity index (χ3n) is 6.15. The molecule has 0 aliphatic heterocycles. The van der Waals surface area contributed by atoms with E-state index in [0.717, 1.165) is 24.2 Å². The van der Waals surface area contributed by atoms with Gasteiger partial charge in [-0.15, -0.1) is 0 Å². The molecule has 3 aromatic rings. The lowest BCUT2D eigenvalue weighted by Gasteiger charge is -2.07. The molecule has 0 bridgehead atoms. The van der Waals surface area contributed by atoms with Crippen LogP contribution >= 0.6 is 0 Å². The lowest BCUT2D eigenvalue weighted by Crippen LogP contribution is -2.01. The maximum absolute atomic E-state index is 11.4. The maximum Gasteiger partial charge on any atom is 0.330 e. The number of allylic oxidation sites excluding steroid dienone is 1. The molecule has 0 amide bonds. The molecule has 35 heavy (non-hydrogen) atoms. The number of ether oxygens (including phenoxy) is 1. The average Bonchev–Trinajstić information content (AvgIpc) is 3.29. The van der Waals surface area contributed by atoms with E-state index in [1.165, 1.54) is 73.9 Å². The largest absolute Gasteiger partial charge is 0.463 e. The normalized spacial score (nSPS) is 11.6. The van der Waals surface area contributed by atoms with Gasteiger partial charge in [-0.05, 0) is 61.6 Å². The fourth-order valence-corrected chi connectivity index (χ4v) is 4.19. The molecule has 2 aromatic carbocycles. The van der Waals surface area contributed by atoms with Gasteiger partial charge in [0.05, 0.1) is 6.61 Å². The molecule has 186 valence electrons. The van der Waals surface area contributed by atoms with Crippen molar-refractivity contribution in [1.29, 1.82) is 0 Å². The number of hydrogen-bond donors (Lipinski definition) is 2. The van der Waals surface area contributed by atoms with Crippen LogP contribution in [0.2, 0.25) is 0 Å². The van der Waals surface area contributed by atoms with E-state index in [0.29, 0.717) is 6.61 Å². The van der Waals surface area contributed by atoms with Gasteiger partial charge in [0.2, 0.25) is 0 Å². The van der Waals surface area contributed by atoms with Crippen molar-refractivity contribution in [3.8, 4) is 0 Å². The van der Waals surface area contributed by atoms with Crippen molar-refractivity contribution >= 4 is 34.7 Å². The number of esters is 1. The SMILES string of the molecule is CCOC(=O)/C=C/c1ccc(NCCCCCCCCCC/C=C/c2c[nH]c3ccccc23)cc1. The lowest BCUT2D eigenvalue weighted by molar-refractivity contribution is -0.137. The van der Waals surface area contributed by atoms with E-state index >= 15 is 0 Å². The highest BCUT2D eigenvalue weighted by molar-refractivity contribution is 5.88. The van der Waals surface area contributed by atoms with Crippen LogP contribution in [0, 0.1) is 0 Å². The van der Waals surface area contributed by atoms with Crippen molar-refractivity contribution < 1.29 is 9.53 Å². The number of H-pyrrole nitrogens is 1. The van der Waals surface area contributed by atoms with E-state index < -0.39 is 0 Å². The van der Waals surface area contributed by atoms with Gasteiger partial charge >= 0.3 is 5.97 Å². The van der Waals surface area contributed by atoms with Crippen LogP contribution in [0.3, 0.4) is 0 Å². The number of aromatic nitrogens is 1. The second-order valence-corrected chi connectivity index (χ2v) is 8.94. The summed E-state index contributed by atoms with van der Waals surface area (Å²) in [6.07, 6.45) is 21.5. The van der Waals surface area contributed by atoms with Crippen molar-refractivity contribution in [2.75, 3.05) is 18.5 Å². The summed E-state index contributed by atoms with van der Waals surface area (Å²) in [7, 11) is 0. The second kappa shape index (κ2) is 15.6. The third-order valence-corrected chi connectivity index (χ3v) is 6.15. The Hall–Kier alpha value is -3.27. The van der Waals surface area contributed by atoms with Crippen LogP contribution in [0.5, 0.6) is 0 Å². The predicted octanol–water partition coefficient (Wildman–Crippen LogP) is 8.38. The number of unbranched alkanes of at least 4 members (excludes halogenated alkanes) is 8. The predicted molar refractivity (Wildman–Crippen MR) is 149 cm³/mol. The topological polar surface area (TPSA) is 54.1 Å². The number of hydrogen-bond acceptors (Lipinski definition) is 3. The summed E-state index contributed by atoms with van der Waals surface area (Å²) in [5.41, 5.74) is 4.61. The minimum absolute atomic E-state index is 0.302. The minimum Gasteiger partial charge on any atom is -0.463 e. The molecule has 0 atom stereocenters. The Morgan fingerprint density at radius 2 is 1.60 bits per heavy atom. The van der Waals surface area contributed by atoms with Crippen molar-refractivity contribution in [2.45, 2.75) is 64.7 Å². The summed E-state index contributed by atoms with van der Waals surface area (Å²) >= 11 is 0. The van der Waals surface area contributed by atoms with Crippen LogP contribution < -0.4 is 5.32 Å². The number of para-hydroxylation sites is 1. The Balaban J connectivity index is 1.15. The Bertz CT molecular complexity index is 1060. The molecule has 0 unspecified atom stereocenters. The number of fused-ring (bicyclic) bond motifs is 1. The van der Waals surface area contributed by atoms with Crippen LogP contribution in [0.15, 0.2) is 66.9 Å². The highest BCUT2D eigenvalue weighted by atomic mass is 16.5. The number of rotatable bonds is 16. The van der Waals surface area contributed by atoms with Gasteiger partial charge in [0.25, 0.3) is 0 Å².